The van der Waals surface area contributed by atoms with Gasteiger partial charge in [-0.25, -0.2) is 0 Å². The van der Waals surface area contributed by atoms with Gasteiger partial charge in [-0.3, -0.25) is 0 Å². The quantitative estimate of drug-likeness (QED) is 0.629. The molecular weight excluding hydrogens is 240 g/mol. The Kier molecular flexibility index (Phi) is 5.97. The van der Waals surface area contributed by atoms with Crippen molar-refractivity contribution in [2.45, 2.75) is 70.6 Å². The lowest BCUT2D eigenvalue weighted by molar-refractivity contribution is -0.311. The molecule has 0 aliphatic carbocycles. The van der Waals surface area contributed by atoms with Gasteiger partial charge in [-0.1, -0.05) is 0 Å². The number of ether oxygens (including phenoxy) is 3. The molecule has 1 aliphatic heterocycles. The molecular formula is C12H24O6. The van der Waals surface area contributed by atoms with Crippen molar-refractivity contribution in [3.8, 4) is 0 Å². The number of hydrogen-bond donors (Lipinski definition) is 3. The molecule has 108 valence electrons. The SMILES string of the molecule is CC(C)OCC1O[C@H](OC(C)C)C(O)[C@@H](O)[C@@H]1O. The van der Waals surface area contributed by atoms with E-state index < -0.39 is 30.7 Å². The van der Waals surface area contributed by atoms with Crippen molar-refractivity contribution < 1.29 is 29.5 Å². The van der Waals surface area contributed by atoms with E-state index in [-0.39, 0.29) is 18.8 Å². The summed E-state index contributed by atoms with van der Waals surface area (Å²) in [5.41, 5.74) is 0. The van der Waals surface area contributed by atoms with Crippen LogP contribution in [0, 0.1) is 0 Å². The van der Waals surface area contributed by atoms with Crippen molar-refractivity contribution in [2.24, 2.45) is 0 Å². The van der Waals surface area contributed by atoms with Crippen molar-refractivity contribution >= 4 is 0 Å². The minimum Gasteiger partial charge on any atom is -0.387 e. The van der Waals surface area contributed by atoms with Gasteiger partial charge >= 0.3 is 0 Å². The van der Waals surface area contributed by atoms with Gasteiger partial charge in [-0.05, 0) is 27.7 Å². The molecule has 0 bridgehead atoms. The summed E-state index contributed by atoms with van der Waals surface area (Å²) in [6, 6.07) is 0. The Labute approximate surface area is 107 Å². The molecule has 6 nitrogen and oxygen atoms in total. The maximum absolute atomic E-state index is 9.80. The standard InChI is InChI=1S/C12H24O6/c1-6(2)16-5-8-9(13)10(14)11(15)12(18-8)17-7(3)4/h6-15H,5H2,1-4H3/t8?,9-,10+,11?,12+/m1/s1. The van der Waals surface area contributed by atoms with Gasteiger partial charge in [-0.15, -0.1) is 0 Å². The van der Waals surface area contributed by atoms with Crippen LogP contribution in [0.25, 0.3) is 0 Å². The second kappa shape index (κ2) is 6.79. The minimum atomic E-state index is -1.30. The first-order chi connectivity index (χ1) is 8.32. The van der Waals surface area contributed by atoms with Crippen LogP contribution in [0.15, 0.2) is 0 Å². The van der Waals surface area contributed by atoms with Crippen molar-refractivity contribution in [1.29, 1.82) is 0 Å². The van der Waals surface area contributed by atoms with Gasteiger partial charge in [-0.2, -0.15) is 0 Å². The molecule has 0 aromatic carbocycles. The molecule has 1 heterocycles. The van der Waals surface area contributed by atoms with Gasteiger partial charge in [0.25, 0.3) is 0 Å². The molecule has 0 amide bonds. The van der Waals surface area contributed by atoms with Crippen molar-refractivity contribution in [3.05, 3.63) is 0 Å². The van der Waals surface area contributed by atoms with E-state index in [1.165, 1.54) is 0 Å². The second-order valence-electron chi connectivity index (χ2n) is 5.08. The van der Waals surface area contributed by atoms with Crippen LogP contribution in [0.1, 0.15) is 27.7 Å². The number of hydrogen-bond acceptors (Lipinski definition) is 6. The molecule has 2 unspecified atom stereocenters. The summed E-state index contributed by atoms with van der Waals surface area (Å²) in [4.78, 5) is 0. The Morgan fingerprint density at radius 1 is 0.944 bits per heavy atom. The van der Waals surface area contributed by atoms with E-state index in [0.717, 1.165) is 0 Å². The van der Waals surface area contributed by atoms with Gasteiger partial charge in [0.1, 0.15) is 24.4 Å². The summed E-state index contributed by atoms with van der Waals surface area (Å²) < 4.78 is 16.2. The van der Waals surface area contributed by atoms with E-state index in [9.17, 15) is 15.3 Å². The van der Waals surface area contributed by atoms with Crippen LogP contribution >= 0.6 is 0 Å². The zero-order valence-corrected chi connectivity index (χ0v) is 11.3. The third kappa shape index (κ3) is 4.15. The lowest BCUT2D eigenvalue weighted by Gasteiger charge is -2.40. The average Bonchev–Trinajstić information content (AvgIpc) is 2.27. The third-order valence-electron chi connectivity index (χ3n) is 2.67. The van der Waals surface area contributed by atoms with Gasteiger partial charge in [0, 0.05) is 0 Å². The third-order valence-corrected chi connectivity index (χ3v) is 2.67. The van der Waals surface area contributed by atoms with E-state index >= 15 is 0 Å². The monoisotopic (exact) mass is 264 g/mol. The van der Waals surface area contributed by atoms with Gasteiger partial charge in [0.05, 0.1) is 18.8 Å². The molecule has 6 heteroatoms. The summed E-state index contributed by atoms with van der Waals surface area (Å²) >= 11 is 0. The van der Waals surface area contributed by atoms with Crippen molar-refractivity contribution in [1.82, 2.24) is 0 Å². The Morgan fingerprint density at radius 2 is 1.56 bits per heavy atom. The van der Waals surface area contributed by atoms with Crippen LogP contribution in [0.3, 0.4) is 0 Å². The largest absolute Gasteiger partial charge is 0.387 e. The second-order valence-corrected chi connectivity index (χ2v) is 5.08. The molecule has 1 aliphatic rings. The topological polar surface area (TPSA) is 88.4 Å². The van der Waals surface area contributed by atoms with Crippen LogP contribution in [0.5, 0.6) is 0 Å². The van der Waals surface area contributed by atoms with Gasteiger partial charge in [0.15, 0.2) is 6.29 Å². The highest BCUT2D eigenvalue weighted by Crippen LogP contribution is 2.23. The van der Waals surface area contributed by atoms with Crippen LogP contribution in [-0.2, 0) is 14.2 Å². The first-order valence-electron chi connectivity index (χ1n) is 6.29. The van der Waals surface area contributed by atoms with Gasteiger partial charge < -0.3 is 29.5 Å². The maximum Gasteiger partial charge on any atom is 0.186 e. The Hall–Kier alpha value is -0.240. The molecule has 1 fully saturated rings. The van der Waals surface area contributed by atoms with E-state index in [1.807, 2.05) is 13.8 Å². The first-order valence-corrected chi connectivity index (χ1v) is 6.29. The first kappa shape index (κ1) is 15.8. The van der Waals surface area contributed by atoms with Crippen LogP contribution in [-0.4, -0.2) is 64.8 Å². The van der Waals surface area contributed by atoms with E-state index in [1.54, 1.807) is 13.8 Å². The minimum absolute atomic E-state index is 0.00531. The van der Waals surface area contributed by atoms with Gasteiger partial charge in [0.2, 0.25) is 0 Å². The fraction of sp³-hybridized carbons (Fsp3) is 1.00. The normalized spacial score (nSPS) is 37.5. The van der Waals surface area contributed by atoms with E-state index in [2.05, 4.69) is 0 Å². The Bertz CT molecular complexity index is 243. The fourth-order valence-corrected chi connectivity index (χ4v) is 1.72. The number of rotatable bonds is 5. The predicted molar refractivity (Wildman–Crippen MR) is 64.0 cm³/mol. The number of aliphatic hydroxyl groups is 3. The molecule has 0 aromatic rings. The summed E-state index contributed by atoms with van der Waals surface area (Å²) in [5, 5.41) is 29.3. The lowest BCUT2D eigenvalue weighted by Crippen LogP contribution is -2.59. The smallest absolute Gasteiger partial charge is 0.186 e. The van der Waals surface area contributed by atoms with Crippen molar-refractivity contribution in [2.75, 3.05) is 6.61 Å². The molecule has 0 radical (unpaired) electrons. The Balaban J connectivity index is 2.62. The fourth-order valence-electron chi connectivity index (χ4n) is 1.72. The van der Waals surface area contributed by atoms with Crippen LogP contribution in [0.4, 0.5) is 0 Å². The van der Waals surface area contributed by atoms with E-state index in [0.29, 0.717) is 0 Å². The predicted octanol–water partition coefficient (Wildman–Crippen LogP) is -0.356. The molecule has 0 aromatic heterocycles. The summed E-state index contributed by atoms with van der Waals surface area (Å²) in [6.07, 6.45) is -5.58. The highest BCUT2D eigenvalue weighted by atomic mass is 16.7. The van der Waals surface area contributed by atoms with Crippen molar-refractivity contribution in [3.63, 3.8) is 0 Å². The van der Waals surface area contributed by atoms with Crippen LogP contribution < -0.4 is 0 Å². The van der Waals surface area contributed by atoms with E-state index in [4.69, 9.17) is 14.2 Å². The summed E-state index contributed by atoms with van der Waals surface area (Å²) in [5.74, 6) is 0. The molecule has 0 spiro atoms. The highest BCUT2D eigenvalue weighted by molar-refractivity contribution is 4.89. The molecule has 3 N–H and O–H groups in total. The lowest BCUT2D eigenvalue weighted by atomic mass is 9.99. The highest BCUT2D eigenvalue weighted by Gasteiger charge is 2.44. The molecule has 1 rings (SSSR count). The summed E-state index contributed by atoms with van der Waals surface area (Å²) in [7, 11) is 0. The molecule has 18 heavy (non-hydrogen) atoms. The summed E-state index contributed by atoms with van der Waals surface area (Å²) in [6.45, 7) is 7.46. The maximum atomic E-state index is 9.80. The number of aliphatic hydroxyl groups excluding tert-OH is 3. The average molecular weight is 264 g/mol. The zero-order valence-electron chi connectivity index (χ0n) is 11.3. The Morgan fingerprint density at radius 3 is 2.06 bits per heavy atom. The molecule has 0 saturated carbocycles. The molecule has 5 atom stereocenters. The van der Waals surface area contributed by atoms with Crippen LogP contribution in [0.2, 0.25) is 0 Å². The zero-order chi connectivity index (χ0) is 13.9. The molecule has 1 saturated heterocycles.